The maximum Gasteiger partial charge on any atom is 0.238 e. The Hall–Kier alpha value is -2.14. The van der Waals surface area contributed by atoms with E-state index in [1.807, 2.05) is 18.2 Å². The molecule has 1 fully saturated rings. The van der Waals surface area contributed by atoms with Crippen LogP contribution in [0.5, 0.6) is 0 Å². The van der Waals surface area contributed by atoms with Crippen LogP contribution in [0.3, 0.4) is 0 Å². The van der Waals surface area contributed by atoms with Crippen molar-refractivity contribution >= 4 is 28.3 Å². The summed E-state index contributed by atoms with van der Waals surface area (Å²) in [6.45, 7) is 3.51. The number of pyridine rings is 1. The van der Waals surface area contributed by atoms with Crippen LogP contribution in [0.1, 0.15) is 31.2 Å². The Balaban J connectivity index is 1.61. The molecule has 25 heavy (non-hydrogen) atoms. The van der Waals surface area contributed by atoms with Gasteiger partial charge in [-0.25, -0.2) is 4.98 Å². The first-order valence-electron chi connectivity index (χ1n) is 9.37. The zero-order valence-corrected chi connectivity index (χ0v) is 14.9. The molecular weight excluding hydrogens is 312 g/mol. The second kappa shape index (κ2) is 7.00. The molecule has 3 heterocycles. The lowest BCUT2D eigenvalue weighted by Crippen LogP contribution is -2.34. The number of para-hydroxylation sites is 1. The van der Waals surface area contributed by atoms with E-state index in [1.54, 1.807) is 0 Å². The number of hydrogen-bond acceptors (Lipinski definition) is 4. The third-order valence-electron chi connectivity index (χ3n) is 5.36. The molecule has 0 bridgehead atoms. The molecule has 0 saturated carbocycles. The number of carbonyl (C=O) groups excluding carboxylic acids is 1. The number of amides is 1. The van der Waals surface area contributed by atoms with E-state index in [1.165, 1.54) is 31.2 Å². The molecule has 2 aliphatic rings. The molecular formula is C20H26N4O. The van der Waals surface area contributed by atoms with Crippen LogP contribution in [0.2, 0.25) is 0 Å². The van der Waals surface area contributed by atoms with Crippen molar-refractivity contribution in [1.82, 2.24) is 9.88 Å². The summed E-state index contributed by atoms with van der Waals surface area (Å²) in [6.07, 6.45) is 5.90. The van der Waals surface area contributed by atoms with Crippen LogP contribution in [0, 0.1) is 0 Å². The zero-order chi connectivity index (χ0) is 17.2. The highest BCUT2D eigenvalue weighted by Crippen LogP contribution is 2.36. The summed E-state index contributed by atoms with van der Waals surface area (Å²) in [5, 5.41) is 4.27. The van der Waals surface area contributed by atoms with Crippen LogP contribution >= 0.6 is 0 Å². The number of fused-ring (bicyclic) bond motifs is 2. The van der Waals surface area contributed by atoms with Crippen molar-refractivity contribution in [3.05, 3.63) is 29.8 Å². The first-order valence-corrected chi connectivity index (χ1v) is 9.37. The van der Waals surface area contributed by atoms with Gasteiger partial charge < -0.3 is 10.2 Å². The molecule has 1 aromatic heterocycles. The van der Waals surface area contributed by atoms with Gasteiger partial charge in [0, 0.05) is 24.5 Å². The molecule has 132 valence electrons. The fourth-order valence-corrected chi connectivity index (χ4v) is 4.00. The molecule has 5 heteroatoms. The van der Waals surface area contributed by atoms with E-state index in [2.05, 4.69) is 28.2 Å². The summed E-state index contributed by atoms with van der Waals surface area (Å²) in [7, 11) is 2.07. The van der Waals surface area contributed by atoms with Crippen molar-refractivity contribution in [3.63, 3.8) is 0 Å². The summed E-state index contributed by atoms with van der Waals surface area (Å²) in [4.78, 5) is 22.0. The van der Waals surface area contributed by atoms with Crippen molar-refractivity contribution in [2.24, 2.45) is 0 Å². The molecule has 0 unspecified atom stereocenters. The number of nitrogens with zero attached hydrogens (tertiary/aromatic N) is 3. The quantitative estimate of drug-likeness (QED) is 0.934. The molecule has 1 aromatic carbocycles. The number of nitrogens with one attached hydrogen (secondary N) is 1. The summed E-state index contributed by atoms with van der Waals surface area (Å²) in [5.41, 5.74) is 3.08. The van der Waals surface area contributed by atoms with E-state index < -0.39 is 0 Å². The number of carbonyl (C=O) groups is 1. The highest BCUT2D eigenvalue weighted by molar-refractivity contribution is 6.04. The number of benzene rings is 1. The lowest BCUT2D eigenvalue weighted by molar-refractivity contribution is -0.117. The van der Waals surface area contributed by atoms with Crippen LogP contribution < -0.4 is 10.2 Å². The van der Waals surface area contributed by atoms with Gasteiger partial charge >= 0.3 is 0 Å². The van der Waals surface area contributed by atoms with Crippen LogP contribution in [0.25, 0.3) is 10.9 Å². The molecule has 5 nitrogen and oxygen atoms in total. The van der Waals surface area contributed by atoms with E-state index in [-0.39, 0.29) is 5.91 Å². The minimum Gasteiger partial charge on any atom is -0.359 e. The summed E-state index contributed by atoms with van der Waals surface area (Å²) >= 11 is 0. The van der Waals surface area contributed by atoms with Crippen molar-refractivity contribution < 1.29 is 4.79 Å². The normalized spacial score (nSPS) is 18.2. The van der Waals surface area contributed by atoms with E-state index in [0.717, 1.165) is 48.5 Å². The van der Waals surface area contributed by atoms with Gasteiger partial charge in [0.2, 0.25) is 5.91 Å². The predicted molar refractivity (Wildman–Crippen MR) is 102 cm³/mol. The van der Waals surface area contributed by atoms with Crippen LogP contribution in [0.4, 0.5) is 11.5 Å². The van der Waals surface area contributed by atoms with E-state index in [0.29, 0.717) is 6.54 Å². The second-order valence-corrected chi connectivity index (χ2v) is 7.22. The third kappa shape index (κ3) is 3.33. The number of rotatable bonds is 3. The number of likely N-dealkylation sites (tertiary alicyclic amines) is 1. The van der Waals surface area contributed by atoms with Crippen molar-refractivity contribution in [2.75, 3.05) is 43.4 Å². The van der Waals surface area contributed by atoms with Gasteiger partial charge in [-0.2, -0.15) is 0 Å². The van der Waals surface area contributed by atoms with Gasteiger partial charge in [-0.1, -0.05) is 31.0 Å². The Morgan fingerprint density at radius 2 is 1.88 bits per heavy atom. The standard InChI is InChI=1S/C20H26N4O/c1-23-13-10-16-19(15-8-4-5-9-17(15)21-20(16)23)22-18(25)14-24-11-6-2-3-7-12-24/h4-5,8-9H,2-3,6-7,10-14H2,1H3,(H,21,22,25). The Kier molecular flexibility index (Phi) is 4.57. The van der Waals surface area contributed by atoms with E-state index in [9.17, 15) is 4.79 Å². The average Bonchev–Trinajstić information content (AvgIpc) is 2.82. The molecule has 1 N–H and O–H groups in total. The summed E-state index contributed by atoms with van der Waals surface area (Å²) < 4.78 is 0. The second-order valence-electron chi connectivity index (χ2n) is 7.22. The van der Waals surface area contributed by atoms with Crippen LogP contribution in [0.15, 0.2) is 24.3 Å². The fraction of sp³-hybridized carbons (Fsp3) is 0.500. The van der Waals surface area contributed by atoms with Gasteiger partial charge in [0.15, 0.2) is 0 Å². The largest absolute Gasteiger partial charge is 0.359 e. The van der Waals surface area contributed by atoms with Gasteiger partial charge in [0.1, 0.15) is 5.82 Å². The first kappa shape index (κ1) is 16.3. The highest BCUT2D eigenvalue weighted by atomic mass is 16.2. The number of hydrogen-bond donors (Lipinski definition) is 1. The number of likely N-dealkylation sites (N-methyl/N-ethyl adjacent to an activating group) is 1. The Bertz CT molecular complexity index is 781. The summed E-state index contributed by atoms with van der Waals surface area (Å²) in [5.74, 6) is 1.10. The summed E-state index contributed by atoms with van der Waals surface area (Å²) in [6, 6.07) is 8.09. The zero-order valence-electron chi connectivity index (χ0n) is 14.9. The van der Waals surface area contributed by atoms with E-state index in [4.69, 9.17) is 4.98 Å². The molecule has 1 amide bonds. The molecule has 4 rings (SSSR count). The van der Waals surface area contributed by atoms with E-state index >= 15 is 0 Å². The van der Waals surface area contributed by atoms with Crippen molar-refractivity contribution in [1.29, 1.82) is 0 Å². The SMILES string of the molecule is CN1CCc2c1nc1ccccc1c2NC(=O)CN1CCCCCC1. The minimum absolute atomic E-state index is 0.0926. The minimum atomic E-state index is 0.0926. The van der Waals surface area contributed by atoms with Crippen LogP contribution in [-0.4, -0.2) is 49.0 Å². The number of anilines is 2. The lowest BCUT2D eigenvalue weighted by atomic mass is 10.1. The topological polar surface area (TPSA) is 48.5 Å². The van der Waals surface area contributed by atoms with Crippen molar-refractivity contribution in [3.8, 4) is 0 Å². The first-order chi connectivity index (χ1) is 12.2. The van der Waals surface area contributed by atoms with Crippen LogP contribution in [-0.2, 0) is 11.2 Å². The number of aromatic nitrogens is 1. The maximum absolute atomic E-state index is 12.7. The molecule has 0 radical (unpaired) electrons. The van der Waals surface area contributed by atoms with Gasteiger partial charge in [-0.15, -0.1) is 0 Å². The average molecular weight is 338 g/mol. The van der Waals surface area contributed by atoms with Crippen molar-refractivity contribution in [2.45, 2.75) is 32.1 Å². The molecule has 0 aliphatic carbocycles. The van der Waals surface area contributed by atoms with Gasteiger partial charge in [0.05, 0.1) is 17.7 Å². The Morgan fingerprint density at radius 3 is 2.68 bits per heavy atom. The monoisotopic (exact) mass is 338 g/mol. The molecule has 2 aliphatic heterocycles. The Labute approximate surface area is 149 Å². The van der Waals surface area contributed by atoms with Gasteiger partial charge in [-0.05, 0) is 38.4 Å². The lowest BCUT2D eigenvalue weighted by Gasteiger charge is -2.20. The third-order valence-corrected chi connectivity index (χ3v) is 5.36. The molecule has 1 saturated heterocycles. The Morgan fingerprint density at radius 1 is 1.12 bits per heavy atom. The highest BCUT2D eigenvalue weighted by Gasteiger charge is 2.24. The molecule has 0 spiro atoms. The van der Waals surface area contributed by atoms with Gasteiger partial charge in [-0.3, -0.25) is 9.69 Å². The maximum atomic E-state index is 12.7. The molecule has 0 atom stereocenters. The predicted octanol–water partition coefficient (Wildman–Crippen LogP) is 3.04. The fourth-order valence-electron chi connectivity index (χ4n) is 4.00. The smallest absolute Gasteiger partial charge is 0.238 e. The molecule has 2 aromatic rings. The van der Waals surface area contributed by atoms with Gasteiger partial charge in [0.25, 0.3) is 0 Å².